The standard InChI is InChI=1S/C13H17ClN4O2S/c1-8(2)18-13(4-5-16-18)17-21(19,20)12-7-10(14)6-11(15)9(12)3/h4-8,17H,15H2,1-3H3. The van der Waals surface area contributed by atoms with Crippen LogP contribution in [0.4, 0.5) is 11.5 Å². The highest BCUT2D eigenvalue weighted by Gasteiger charge is 2.21. The van der Waals surface area contributed by atoms with Gasteiger partial charge in [0.15, 0.2) is 0 Å². The van der Waals surface area contributed by atoms with Gasteiger partial charge in [-0.15, -0.1) is 0 Å². The second-order valence-corrected chi connectivity index (χ2v) is 7.07. The Kier molecular flexibility index (Phi) is 4.15. The van der Waals surface area contributed by atoms with Crippen LogP contribution in [0.25, 0.3) is 0 Å². The quantitative estimate of drug-likeness (QED) is 0.844. The van der Waals surface area contributed by atoms with Gasteiger partial charge in [-0.2, -0.15) is 5.10 Å². The molecule has 0 saturated heterocycles. The number of halogens is 1. The zero-order valence-electron chi connectivity index (χ0n) is 12.0. The van der Waals surface area contributed by atoms with E-state index in [1.807, 2.05) is 13.8 Å². The van der Waals surface area contributed by atoms with Crippen LogP contribution in [0.3, 0.4) is 0 Å². The number of nitrogens with zero attached hydrogens (tertiary/aromatic N) is 2. The monoisotopic (exact) mass is 328 g/mol. The van der Waals surface area contributed by atoms with Crippen LogP contribution < -0.4 is 10.5 Å². The van der Waals surface area contributed by atoms with Gasteiger partial charge in [-0.05, 0) is 38.5 Å². The van der Waals surface area contributed by atoms with E-state index in [0.717, 1.165) is 0 Å². The van der Waals surface area contributed by atoms with Crippen LogP contribution in [0.1, 0.15) is 25.5 Å². The molecule has 21 heavy (non-hydrogen) atoms. The van der Waals surface area contributed by atoms with Crippen LogP contribution in [0.2, 0.25) is 5.02 Å². The van der Waals surface area contributed by atoms with Crippen LogP contribution in [-0.2, 0) is 10.0 Å². The molecule has 8 heteroatoms. The van der Waals surface area contributed by atoms with Crippen molar-refractivity contribution in [1.29, 1.82) is 0 Å². The molecule has 114 valence electrons. The van der Waals surface area contributed by atoms with Crippen molar-refractivity contribution in [3.8, 4) is 0 Å². The molecule has 2 rings (SSSR count). The minimum Gasteiger partial charge on any atom is -0.398 e. The first-order chi connectivity index (χ1) is 9.72. The molecule has 0 radical (unpaired) electrons. The van der Waals surface area contributed by atoms with Crippen molar-refractivity contribution >= 4 is 33.1 Å². The molecule has 0 spiro atoms. The van der Waals surface area contributed by atoms with Gasteiger partial charge in [0.1, 0.15) is 5.82 Å². The number of anilines is 2. The first kappa shape index (κ1) is 15.7. The smallest absolute Gasteiger partial charge is 0.263 e. The Hall–Kier alpha value is -1.73. The van der Waals surface area contributed by atoms with Crippen molar-refractivity contribution in [3.63, 3.8) is 0 Å². The van der Waals surface area contributed by atoms with E-state index in [0.29, 0.717) is 17.1 Å². The third-order valence-corrected chi connectivity index (χ3v) is 4.75. The molecule has 1 heterocycles. The van der Waals surface area contributed by atoms with E-state index in [2.05, 4.69) is 9.82 Å². The topological polar surface area (TPSA) is 90.0 Å². The molecule has 0 atom stereocenters. The van der Waals surface area contributed by atoms with Gasteiger partial charge >= 0.3 is 0 Å². The van der Waals surface area contributed by atoms with Gasteiger partial charge in [0.05, 0.1) is 11.1 Å². The maximum atomic E-state index is 12.5. The molecule has 0 aliphatic rings. The summed E-state index contributed by atoms with van der Waals surface area (Å²) >= 11 is 5.90. The van der Waals surface area contributed by atoms with E-state index in [4.69, 9.17) is 17.3 Å². The molecular formula is C13H17ClN4O2S. The molecule has 1 aromatic carbocycles. The Morgan fingerprint density at radius 1 is 1.38 bits per heavy atom. The lowest BCUT2D eigenvalue weighted by atomic mass is 10.2. The minimum absolute atomic E-state index is 0.0308. The maximum absolute atomic E-state index is 12.5. The lowest BCUT2D eigenvalue weighted by molar-refractivity contribution is 0.539. The number of nitrogen functional groups attached to an aromatic ring is 1. The first-order valence-corrected chi connectivity index (χ1v) is 8.20. The normalized spacial score (nSPS) is 11.9. The van der Waals surface area contributed by atoms with E-state index < -0.39 is 10.0 Å². The molecule has 1 aromatic heterocycles. The van der Waals surface area contributed by atoms with Crippen molar-refractivity contribution < 1.29 is 8.42 Å². The number of nitrogens with two attached hydrogens (primary N) is 1. The Bertz CT molecular complexity index is 768. The highest BCUT2D eigenvalue weighted by atomic mass is 35.5. The predicted octanol–water partition coefficient (Wildman–Crippen LogP) is 2.81. The summed E-state index contributed by atoms with van der Waals surface area (Å²) in [5, 5.41) is 4.36. The molecular weight excluding hydrogens is 312 g/mol. The fourth-order valence-corrected chi connectivity index (χ4v) is 3.59. The number of rotatable bonds is 4. The molecule has 6 nitrogen and oxygen atoms in total. The summed E-state index contributed by atoms with van der Waals surface area (Å²) in [5.74, 6) is 0.392. The number of benzene rings is 1. The van der Waals surface area contributed by atoms with Crippen LogP contribution in [-0.4, -0.2) is 18.2 Å². The zero-order valence-corrected chi connectivity index (χ0v) is 13.5. The van der Waals surface area contributed by atoms with Crippen molar-refractivity contribution in [1.82, 2.24) is 9.78 Å². The second kappa shape index (κ2) is 5.57. The Labute approximate surface area is 129 Å². The van der Waals surface area contributed by atoms with Gasteiger partial charge in [0.25, 0.3) is 10.0 Å². The first-order valence-electron chi connectivity index (χ1n) is 6.34. The van der Waals surface area contributed by atoms with Gasteiger partial charge in [0.2, 0.25) is 0 Å². The Morgan fingerprint density at radius 2 is 2.05 bits per heavy atom. The van der Waals surface area contributed by atoms with Gasteiger partial charge in [-0.3, -0.25) is 4.72 Å². The van der Waals surface area contributed by atoms with Gasteiger partial charge < -0.3 is 5.73 Å². The van der Waals surface area contributed by atoms with E-state index >= 15 is 0 Å². The average Bonchev–Trinajstić information content (AvgIpc) is 2.81. The van der Waals surface area contributed by atoms with E-state index in [1.165, 1.54) is 18.3 Å². The number of nitrogens with one attached hydrogen (secondary N) is 1. The van der Waals surface area contributed by atoms with Crippen LogP contribution in [0, 0.1) is 6.92 Å². The van der Waals surface area contributed by atoms with E-state index in [9.17, 15) is 8.42 Å². The summed E-state index contributed by atoms with van der Waals surface area (Å²) in [7, 11) is -3.79. The third-order valence-electron chi connectivity index (χ3n) is 3.05. The number of sulfonamides is 1. The highest BCUT2D eigenvalue weighted by molar-refractivity contribution is 7.92. The van der Waals surface area contributed by atoms with Crippen molar-refractivity contribution in [2.45, 2.75) is 31.7 Å². The molecule has 0 fully saturated rings. The SMILES string of the molecule is Cc1c(N)cc(Cl)cc1S(=O)(=O)Nc1ccnn1C(C)C. The summed E-state index contributed by atoms with van der Waals surface area (Å²) < 4.78 is 29.2. The van der Waals surface area contributed by atoms with Crippen LogP contribution in [0.5, 0.6) is 0 Å². The van der Waals surface area contributed by atoms with Gasteiger partial charge in [-0.25, -0.2) is 13.1 Å². The molecule has 0 unspecified atom stereocenters. The maximum Gasteiger partial charge on any atom is 0.263 e. The molecule has 2 aromatic rings. The Morgan fingerprint density at radius 3 is 2.67 bits per heavy atom. The fourth-order valence-electron chi connectivity index (χ4n) is 1.95. The van der Waals surface area contributed by atoms with Gasteiger partial charge in [-0.1, -0.05) is 11.6 Å². The van der Waals surface area contributed by atoms with Crippen molar-refractivity contribution in [2.75, 3.05) is 10.5 Å². The molecule has 0 bridgehead atoms. The lowest BCUT2D eigenvalue weighted by Gasteiger charge is -2.15. The highest BCUT2D eigenvalue weighted by Crippen LogP contribution is 2.27. The summed E-state index contributed by atoms with van der Waals surface area (Å²) in [6.07, 6.45) is 1.54. The second-order valence-electron chi connectivity index (χ2n) is 4.98. The summed E-state index contributed by atoms with van der Waals surface area (Å²) in [6, 6.07) is 4.53. The summed E-state index contributed by atoms with van der Waals surface area (Å²) in [5.41, 5.74) is 6.57. The summed E-state index contributed by atoms with van der Waals surface area (Å²) in [6.45, 7) is 5.46. The summed E-state index contributed by atoms with van der Waals surface area (Å²) in [4.78, 5) is 0.0593. The predicted molar refractivity (Wildman–Crippen MR) is 84.0 cm³/mol. The minimum atomic E-state index is -3.79. The van der Waals surface area contributed by atoms with Crippen molar-refractivity contribution in [3.05, 3.63) is 35.0 Å². The fraction of sp³-hybridized carbons (Fsp3) is 0.308. The van der Waals surface area contributed by atoms with Crippen molar-refractivity contribution in [2.24, 2.45) is 0 Å². The van der Waals surface area contributed by atoms with E-state index in [-0.39, 0.29) is 16.0 Å². The van der Waals surface area contributed by atoms with Crippen LogP contribution in [0.15, 0.2) is 29.3 Å². The Balaban J connectivity index is 2.46. The third kappa shape index (κ3) is 3.14. The number of hydrogen-bond acceptors (Lipinski definition) is 4. The largest absolute Gasteiger partial charge is 0.398 e. The molecule has 0 aliphatic heterocycles. The molecule has 0 amide bonds. The molecule has 0 aliphatic carbocycles. The average molecular weight is 329 g/mol. The zero-order chi connectivity index (χ0) is 15.8. The van der Waals surface area contributed by atoms with Gasteiger partial charge in [0, 0.05) is 22.8 Å². The molecule has 0 saturated carbocycles. The van der Waals surface area contributed by atoms with E-state index in [1.54, 1.807) is 17.7 Å². The number of aromatic nitrogens is 2. The lowest BCUT2D eigenvalue weighted by Crippen LogP contribution is -2.18. The molecule has 3 N–H and O–H groups in total. The number of hydrogen-bond donors (Lipinski definition) is 2. The van der Waals surface area contributed by atoms with Crippen LogP contribution >= 0.6 is 11.6 Å².